The molecule has 0 bridgehead atoms. The number of nitrogens with two attached hydrogens (primary N) is 1. The van der Waals surface area contributed by atoms with Crippen molar-refractivity contribution < 1.29 is 8.42 Å². The van der Waals surface area contributed by atoms with Crippen LogP contribution in [-0.4, -0.2) is 13.4 Å². The van der Waals surface area contributed by atoms with Crippen molar-refractivity contribution in [3.8, 4) is 0 Å². The van der Waals surface area contributed by atoms with Gasteiger partial charge in [0.1, 0.15) is 5.15 Å². The SMILES string of the molecule is NS(=O)(=O)c1ccc(C2=C(c3ccc(Cl)nc3)CCC2)cc1. The molecular weight excluding hydrogens is 320 g/mol. The fourth-order valence-electron chi connectivity index (χ4n) is 2.78. The van der Waals surface area contributed by atoms with Gasteiger partial charge in [-0.3, -0.25) is 0 Å². The number of halogens is 1. The fraction of sp³-hybridized carbons (Fsp3) is 0.188. The second-order valence-corrected chi connectivity index (χ2v) is 7.20. The summed E-state index contributed by atoms with van der Waals surface area (Å²) < 4.78 is 22.7. The molecule has 0 atom stereocenters. The minimum absolute atomic E-state index is 0.129. The average molecular weight is 335 g/mol. The van der Waals surface area contributed by atoms with E-state index in [0.29, 0.717) is 5.15 Å². The summed E-state index contributed by atoms with van der Waals surface area (Å²) in [5.41, 5.74) is 4.56. The Kier molecular flexibility index (Phi) is 4.04. The zero-order valence-corrected chi connectivity index (χ0v) is 13.4. The molecule has 114 valence electrons. The molecule has 1 heterocycles. The van der Waals surface area contributed by atoms with Gasteiger partial charge < -0.3 is 0 Å². The van der Waals surface area contributed by atoms with Gasteiger partial charge >= 0.3 is 0 Å². The third kappa shape index (κ3) is 3.06. The van der Waals surface area contributed by atoms with Crippen LogP contribution < -0.4 is 5.14 Å². The van der Waals surface area contributed by atoms with Crippen LogP contribution in [0.25, 0.3) is 11.1 Å². The van der Waals surface area contributed by atoms with Crippen LogP contribution in [-0.2, 0) is 10.0 Å². The summed E-state index contributed by atoms with van der Waals surface area (Å²) in [7, 11) is -3.65. The van der Waals surface area contributed by atoms with Crippen LogP contribution in [0, 0.1) is 0 Å². The lowest BCUT2D eigenvalue weighted by atomic mass is 9.98. The van der Waals surface area contributed by atoms with Crippen LogP contribution in [0.3, 0.4) is 0 Å². The number of primary sulfonamides is 1. The quantitative estimate of drug-likeness (QED) is 0.873. The molecule has 0 aliphatic heterocycles. The maximum atomic E-state index is 11.3. The Morgan fingerprint density at radius 1 is 0.955 bits per heavy atom. The maximum Gasteiger partial charge on any atom is 0.238 e. The van der Waals surface area contributed by atoms with Crippen molar-refractivity contribution in [3.05, 3.63) is 58.9 Å². The number of hydrogen-bond donors (Lipinski definition) is 1. The normalized spacial score (nSPS) is 15.4. The van der Waals surface area contributed by atoms with Crippen LogP contribution in [0.15, 0.2) is 47.5 Å². The van der Waals surface area contributed by atoms with Crippen LogP contribution in [0.2, 0.25) is 5.15 Å². The van der Waals surface area contributed by atoms with Crippen molar-refractivity contribution in [3.63, 3.8) is 0 Å². The lowest BCUT2D eigenvalue weighted by molar-refractivity contribution is 0.598. The number of aromatic nitrogens is 1. The minimum atomic E-state index is -3.65. The lowest BCUT2D eigenvalue weighted by Crippen LogP contribution is -2.11. The molecule has 1 aromatic heterocycles. The number of hydrogen-bond acceptors (Lipinski definition) is 3. The van der Waals surface area contributed by atoms with E-state index in [0.717, 1.165) is 30.4 Å². The van der Waals surface area contributed by atoms with Gasteiger partial charge in [0, 0.05) is 6.20 Å². The summed E-state index contributed by atoms with van der Waals surface area (Å²) in [6.45, 7) is 0. The van der Waals surface area contributed by atoms with Gasteiger partial charge in [0.25, 0.3) is 0 Å². The van der Waals surface area contributed by atoms with E-state index in [4.69, 9.17) is 16.7 Å². The molecule has 2 aromatic rings. The van der Waals surface area contributed by atoms with E-state index < -0.39 is 10.0 Å². The van der Waals surface area contributed by atoms with Gasteiger partial charge in [-0.2, -0.15) is 0 Å². The van der Waals surface area contributed by atoms with Gasteiger partial charge in [-0.05, 0) is 59.7 Å². The molecule has 0 radical (unpaired) electrons. The fourth-order valence-corrected chi connectivity index (χ4v) is 3.41. The molecule has 1 aromatic carbocycles. The van der Waals surface area contributed by atoms with E-state index in [1.54, 1.807) is 24.4 Å². The number of sulfonamides is 1. The Labute approximate surface area is 134 Å². The Balaban J connectivity index is 2.01. The first-order chi connectivity index (χ1) is 10.4. The monoisotopic (exact) mass is 334 g/mol. The molecule has 0 saturated heterocycles. The van der Waals surface area contributed by atoms with Gasteiger partial charge in [-0.15, -0.1) is 0 Å². The Morgan fingerprint density at radius 2 is 1.55 bits per heavy atom. The highest BCUT2D eigenvalue weighted by molar-refractivity contribution is 7.89. The molecule has 0 spiro atoms. The highest BCUT2D eigenvalue weighted by Crippen LogP contribution is 2.39. The second-order valence-electron chi connectivity index (χ2n) is 5.25. The molecule has 22 heavy (non-hydrogen) atoms. The third-order valence-corrected chi connectivity index (χ3v) is 4.98. The summed E-state index contributed by atoms with van der Waals surface area (Å²) in [5.74, 6) is 0. The first-order valence-corrected chi connectivity index (χ1v) is 8.85. The molecular formula is C16H15ClN2O2S. The zero-order valence-electron chi connectivity index (χ0n) is 11.8. The number of pyridine rings is 1. The van der Waals surface area contributed by atoms with Crippen molar-refractivity contribution in [1.29, 1.82) is 0 Å². The average Bonchev–Trinajstić information content (AvgIpc) is 2.97. The highest BCUT2D eigenvalue weighted by atomic mass is 35.5. The lowest BCUT2D eigenvalue weighted by Gasteiger charge is -2.09. The zero-order chi connectivity index (χ0) is 15.7. The van der Waals surface area contributed by atoms with Crippen molar-refractivity contribution in [1.82, 2.24) is 4.98 Å². The van der Waals surface area contributed by atoms with Crippen molar-refractivity contribution in [2.45, 2.75) is 24.2 Å². The van der Waals surface area contributed by atoms with Gasteiger partial charge in [0.05, 0.1) is 4.90 Å². The summed E-state index contributed by atoms with van der Waals surface area (Å²) in [6, 6.07) is 10.5. The molecule has 2 N–H and O–H groups in total. The van der Waals surface area contributed by atoms with Gasteiger partial charge in [0.15, 0.2) is 0 Å². The van der Waals surface area contributed by atoms with Gasteiger partial charge in [0.2, 0.25) is 10.0 Å². The predicted molar refractivity (Wildman–Crippen MR) is 87.7 cm³/mol. The number of benzene rings is 1. The first-order valence-electron chi connectivity index (χ1n) is 6.92. The van der Waals surface area contributed by atoms with Gasteiger partial charge in [-0.25, -0.2) is 18.5 Å². The molecule has 1 aliphatic rings. The first kappa shape index (κ1) is 15.2. The standard InChI is InChI=1S/C16H15ClN2O2S/c17-16-9-6-12(10-19-16)15-3-1-2-14(15)11-4-7-13(8-5-11)22(18,20)21/h4-10H,1-3H2,(H2,18,20,21). The van der Waals surface area contributed by atoms with E-state index >= 15 is 0 Å². The number of rotatable bonds is 3. The van der Waals surface area contributed by atoms with Crippen LogP contribution >= 0.6 is 11.6 Å². The van der Waals surface area contributed by atoms with Crippen LogP contribution in [0.4, 0.5) is 0 Å². The van der Waals surface area contributed by atoms with Crippen molar-refractivity contribution in [2.24, 2.45) is 5.14 Å². The van der Waals surface area contributed by atoms with Crippen LogP contribution in [0.5, 0.6) is 0 Å². The van der Waals surface area contributed by atoms with E-state index in [1.807, 2.05) is 18.2 Å². The van der Waals surface area contributed by atoms with Crippen molar-refractivity contribution in [2.75, 3.05) is 0 Å². The summed E-state index contributed by atoms with van der Waals surface area (Å²) in [5, 5.41) is 5.61. The Bertz CT molecular complexity index is 825. The number of allylic oxidation sites excluding steroid dienone is 2. The second kappa shape index (κ2) is 5.83. The molecule has 0 amide bonds. The number of nitrogens with zero attached hydrogens (tertiary/aromatic N) is 1. The topological polar surface area (TPSA) is 73.1 Å². The molecule has 0 saturated carbocycles. The van der Waals surface area contributed by atoms with Crippen molar-refractivity contribution >= 4 is 32.8 Å². The van der Waals surface area contributed by atoms with E-state index in [2.05, 4.69) is 4.98 Å². The smallest absolute Gasteiger partial charge is 0.238 e. The Hall–Kier alpha value is -1.69. The minimum Gasteiger partial charge on any atom is -0.244 e. The van der Waals surface area contributed by atoms with Crippen LogP contribution in [0.1, 0.15) is 30.4 Å². The predicted octanol–water partition coefficient (Wildman–Crippen LogP) is 3.48. The molecule has 0 fully saturated rings. The maximum absolute atomic E-state index is 11.3. The molecule has 6 heteroatoms. The molecule has 1 aliphatic carbocycles. The summed E-state index contributed by atoms with van der Waals surface area (Å²) >= 11 is 5.84. The van der Waals surface area contributed by atoms with E-state index in [-0.39, 0.29) is 4.90 Å². The molecule has 4 nitrogen and oxygen atoms in total. The Morgan fingerprint density at radius 3 is 2.09 bits per heavy atom. The summed E-state index contributed by atoms with van der Waals surface area (Å²) in [6.07, 6.45) is 4.80. The third-order valence-electron chi connectivity index (χ3n) is 3.82. The highest BCUT2D eigenvalue weighted by Gasteiger charge is 2.18. The molecule has 3 rings (SSSR count). The van der Waals surface area contributed by atoms with Gasteiger partial charge in [-0.1, -0.05) is 29.8 Å². The van der Waals surface area contributed by atoms with E-state index in [1.165, 1.54) is 11.1 Å². The molecule has 0 unspecified atom stereocenters. The largest absolute Gasteiger partial charge is 0.244 e. The summed E-state index contributed by atoms with van der Waals surface area (Å²) in [4.78, 5) is 4.26. The van der Waals surface area contributed by atoms with E-state index in [9.17, 15) is 8.42 Å².